The largest absolute Gasteiger partial charge is 0.491 e. The molecule has 0 saturated carbocycles. The van der Waals surface area contributed by atoms with Gasteiger partial charge in [0.05, 0.1) is 29.2 Å². The molecule has 4 aromatic rings. The maximum Gasteiger partial charge on any atom is 0.253 e. The van der Waals surface area contributed by atoms with Crippen molar-refractivity contribution in [2.75, 3.05) is 6.61 Å². The number of aromatic nitrogens is 3. The number of aryl methyl sites for hydroxylation is 1. The van der Waals surface area contributed by atoms with E-state index in [2.05, 4.69) is 53.8 Å². The van der Waals surface area contributed by atoms with Gasteiger partial charge in [0.2, 0.25) is 0 Å². The SMILES string of the molecule is Cc1ccc(C(C)C)c(OCCn2c(C(C)NC(=O)c3cccnc3)nc3ccccc32)c1. The number of ether oxygens (including phenoxy) is 1. The third-order valence-electron chi connectivity index (χ3n) is 5.71. The monoisotopic (exact) mass is 442 g/mol. The number of nitrogens with one attached hydrogen (secondary N) is 1. The number of hydrogen-bond acceptors (Lipinski definition) is 4. The molecule has 0 saturated heterocycles. The molecule has 6 heteroatoms. The number of carbonyl (C=O) groups is 1. The molecular weight excluding hydrogens is 412 g/mol. The van der Waals surface area contributed by atoms with Crippen LogP contribution in [-0.2, 0) is 6.54 Å². The van der Waals surface area contributed by atoms with Crippen LogP contribution in [0.3, 0.4) is 0 Å². The average molecular weight is 443 g/mol. The second-order valence-electron chi connectivity index (χ2n) is 8.59. The maximum absolute atomic E-state index is 12.7. The van der Waals surface area contributed by atoms with Crippen LogP contribution in [0, 0.1) is 6.92 Å². The van der Waals surface area contributed by atoms with E-state index in [1.165, 1.54) is 11.1 Å². The molecule has 0 aliphatic heterocycles. The van der Waals surface area contributed by atoms with Gasteiger partial charge in [-0.3, -0.25) is 9.78 Å². The van der Waals surface area contributed by atoms with Gasteiger partial charge in [0.1, 0.15) is 18.2 Å². The summed E-state index contributed by atoms with van der Waals surface area (Å²) in [7, 11) is 0. The lowest BCUT2D eigenvalue weighted by Gasteiger charge is -2.18. The Kier molecular flexibility index (Phi) is 6.73. The molecule has 1 N–H and O–H groups in total. The van der Waals surface area contributed by atoms with Crippen LogP contribution in [0.1, 0.15) is 60.0 Å². The van der Waals surface area contributed by atoms with E-state index in [4.69, 9.17) is 9.72 Å². The van der Waals surface area contributed by atoms with Gasteiger partial charge in [0, 0.05) is 12.4 Å². The summed E-state index contributed by atoms with van der Waals surface area (Å²) in [4.78, 5) is 21.5. The Morgan fingerprint density at radius 2 is 1.91 bits per heavy atom. The number of benzene rings is 2. The standard InChI is InChI=1S/C27H30N4O2/c1-18(2)22-12-11-19(3)16-25(22)33-15-14-31-24-10-6-5-9-23(24)30-26(31)20(4)29-27(32)21-8-7-13-28-17-21/h5-13,16-18,20H,14-15H2,1-4H3,(H,29,32). The zero-order chi connectivity index (χ0) is 23.4. The van der Waals surface area contributed by atoms with E-state index in [1.807, 2.05) is 31.2 Å². The van der Waals surface area contributed by atoms with Crippen LogP contribution >= 0.6 is 0 Å². The first-order valence-corrected chi connectivity index (χ1v) is 11.3. The molecule has 0 aliphatic carbocycles. The van der Waals surface area contributed by atoms with Gasteiger partial charge in [-0.1, -0.05) is 38.1 Å². The molecule has 1 unspecified atom stereocenters. The second-order valence-corrected chi connectivity index (χ2v) is 8.59. The highest BCUT2D eigenvalue weighted by atomic mass is 16.5. The van der Waals surface area contributed by atoms with Gasteiger partial charge < -0.3 is 14.6 Å². The first kappa shape index (κ1) is 22.5. The molecule has 0 fully saturated rings. The van der Waals surface area contributed by atoms with Gasteiger partial charge in [-0.25, -0.2) is 4.98 Å². The van der Waals surface area contributed by atoms with E-state index in [0.717, 1.165) is 22.6 Å². The molecular formula is C27H30N4O2. The molecule has 0 bridgehead atoms. The highest BCUT2D eigenvalue weighted by Crippen LogP contribution is 2.28. The molecule has 2 heterocycles. The van der Waals surface area contributed by atoms with Gasteiger partial charge >= 0.3 is 0 Å². The highest BCUT2D eigenvalue weighted by molar-refractivity contribution is 5.94. The van der Waals surface area contributed by atoms with Crippen molar-refractivity contribution in [2.45, 2.75) is 46.2 Å². The third kappa shape index (κ3) is 5.06. The fourth-order valence-electron chi connectivity index (χ4n) is 3.99. The van der Waals surface area contributed by atoms with Crippen LogP contribution < -0.4 is 10.1 Å². The van der Waals surface area contributed by atoms with Crippen molar-refractivity contribution < 1.29 is 9.53 Å². The number of fused-ring (bicyclic) bond motifs is 1. The number of carbonyl (C=O) groups excluding carboxylic acids is 1. The van der Waals surface area contributed by atoms with E-state index in [1.54, 1.807) is 24.5 Å². The van der Waals surface area contributed by atoms with Crippen molar-refractivity contribution in [1.82, 2.24) is 19.9 Å². The van der Waals surface area contributed by atoms with Crippen LogP contribution in [0.15, 0.2) is 67.0 Å². The lowest BCUT2D eigenvalue weighted by atomic mass is 10.0. The van der Waals surface area contributed by atoms with E-state index >= 15 is 0 Å². The van der Waals surface area contributed by atoms with Crippen LogP contribution in [0.4, 0.5) is 0 Å². The molecule has 0 spiro atoms. The van der Waals surface area contributed by atoms with E-state index < -0.39 is 0 Å². The fourth-order valence-corrected chi connectivity index (χ4v) is 3.99. The van der Waals surface area contributed by atoms with Gasteiger partial charge in [0.15, 0.2) is 0 Å². The molecule has 1 atom stereocenters. The topological polar surface area (TPSA) is 69.0 Å². The fraction of sp³-hybridized carbons (Fsp3) is 0.296. The molecule has 4 rings (SSSR count). The average Bonchev–Trinajstić information content (AvgIpc) is 3.18. The van der Waals surface area contributed by atoms with E-state index in [-0.39, 0.29) is 11.9 Å². The smallest absolute Gasteiger partial charge is 0.253 e. The van der Waals surface area contributed by atoms with Crippen LogP contribution in [0.25, 0.3) is 11.0 Å². The summed E-state index contributed by atoms with van der Waals surface area (Å²) < 4.78 is 8.38. The number of nitrogens with zero attached hydrogens (tertiary/aromatic N) is 3. The highest BCUT2D eigenvalue weighted by Gasteiger charge is 2.19. The molecule has 2 aromatic carbocycles. The zero-order valence-electron chi connectivity index (χ0n) is 19.6. The summed E-state index contributed by atoms with van der Waals surface area (Å²) in [5.74, 6) is 1.93. The first-order valence-electron chi connectivity index (χ1n) is 11.3. The molecule has 170 valence electrons. The van der Waals surface area contributed by atoms with E-state index in [0.29, 0.717) is 24.6 Å². The minimum Gasteiger partial charge on any atom is -0.491 e. The predicted molar refractivity (Wildman–Crippen MR) is 131 cm³/mol. The van der Waals surface area contributed by atoms with Gasteiger partial charge in [-0.2, -0.15) is 0 Å². The number of pyridine rings is 1. The number of rotatable bonds is 8. The van der Waals surface area contributed by atoms with Gasteiger partial charge in [-0.15, -0.1) is 0 Å². The summed E-state index contributed by atoms with van der Waals surface area (Å²) in [5.41, 5.74) is 4.82. The Hall–Kier alpha value is -3.67. The molecule has 0 radical (unpaired) electrons. The number of para-hydroxylation sites is 2. The van der Waals surface area contributed by atoms with Crippen molar-refractivity contribution >= 4 is 16.9 Å². The molecule has 6 nitrogen and oxygen atoms in total. The van der Waals surface area contributed by atoms with Gasteiger partial charge in [-0.05, 0) is 61.2 Å². The molecule has 0 aliphatic rings. The Balaban J connectivity index is 1.56. The summed E-state index contributed by atoms with van der Waals surface area (Å²) in [6, 6.07) is 17.6. The third-order valence-corrected chi connectivity index (χ3v) is 5.71. The van der Waals surface area contributed by atoms with Crippen molar-refractivity contribution in [3.8, 4) is 5.75 Å². The lowest BCUT2D eigenvalue weighted by molar-refractivity contribution is 0.0937. The second kappa shape index (κ2) is 9.86. The number of hydrogen-bond donors (Lipinski definition) is 1. The van der Waals surface area contributed by atoms with Crippen LogP contribution in [0.5, 0.6) is 5.75 Å². The predicted octanol–water partition coefficient (Wildman–Crippen LogP) is 5.43. The van der Waals surface area contributed by atoms with Crippen molar-refractivity contribution in [2.24, 2.45) is 0 Å². The summed E-state index contributed by atoms with van der Waals surface area (Å²) in [6.07, 6.45) is 3.21. The Morgan fingerprint density at radius 3 is 2.67 bits per heavy atom. The first-order chi connectivity index (χ1) is 15.9. The van der Waals surface area contributed by atoms with Crippen molar-refractivity contribution in [1.29, 1.82) is 0 Å². The van der Waals surface area contributed by atoms with Crippen LogP contribution in [0.2, 0.25) is 0 Å². The Labute approximate surface area is 194 Å². The molecule has 1 amide bonds. The Bertz CT molecular complexity index is 1250. The van der Waals surface area contributed by atoms with Crippen molar-refractivity contribution in [3.63, 3.8) is 0 Å². The zero-order valence-corrected chi connectivity index (χ0v) is 19.6. The number of amides is 1. The summed E-state index contributed by atoms with van der Waals surface area (Å²) >= 11 is 0. The normalized spacial score (nSPS) is 12.2. The summed E-state index contributed by atoms with van der Waals surface area (Å²) in [5, 5.41) is 3.05. The molecule has 2 aromatic heterocycles. The molecule has 33 heavy (non-hydrogen) atoms. The van der Waals surface area contributed by atoms with Gasteiger partial charge in [0.25, 0.3) is 5.91 Å². The lowest BCUT2D eigenvalue weighted by Crippen LogP contribution is -2.29. The maximum atomic E-state index is 12.7. The van der Waals surface area contributed by atoms with E-state index in [9.17, 15) is 4.79 Å². The quantitative estimate of drug-likeness (QED) is 0.395. The summed E-state index contributed by atoms with van der Waals surface area (Å²) in [6.45, 7) is 9.49. The number of imidazole rings is 1. The minimum absolute atomic E-state index is 0.174. The Morgan fingerprint density at radius 1 is 1.09 bits per heavy atom. The van der Waals surface area contributed by atoms with Crippen LogP contribution in [-0.4, -0.2) is 27.0 Å². The van der Waals surface area contributed by atoms with Crippen molar-refractivity contribution in [3.05, 3.63) is 89.5 Å². The minimum atomic E-state index is -0.282.